The van der Waals surface area contributed by atoms with Crippen LogP contribution < -0.4 is 0 Å². The summed E-state index contributed by atoms with van der Waals surface area (Å²) in [4.78, 5) is 0. The topological polar surface area (TPSA) is 30.9 Å². The standard InChI is InChI=1S/C9H23NO3Si2/c1-6-13-15(12-3)9-7-8-10(15)14(4,5)11-2/h6-9H2,1-5H3. The second kappa shape index (κ2) is 5.07. The Labute approximate surface area is 95.0 Å². The lowest BCUT2D eigenvalue weighted by molar-refractivity contribution is 0.172. The van der Waals surface area contributed by atoms with Crippen molar-refractivity contribution in [2.24, 2.45) is 0 Å². The molecule has 0 bridgehead atoms. The highest BCUT2D eigenvalue weighted by Crippen LogP contribution is 2.32. The summed E-state index contributed by atoms with van der Waals surface area (Å²) in [7, 11) is -0.340. The molecule has 0 aromatic carbocycles. The third kappa shape index (κ3) is 2.51. The Hall–Kier alpha value is 0.274. The molecule has 1 aliphatic heterocycles. The molecule has 1 rings (SSSR count). The minimum absolute atomic E-state index is 0.727. The fourth-order valence-corrected chi connectivity index (χ4v) is 10.1. The summed E-state index contributed by atoms with van der Waals surface area (Å²) >= 11 is 0. The van der Waals surface area contributed by atoms with E-state index < -0.39 is 17.2 Å². The molecule has 0 N–H and O–H groups in total. The molecule has 1 unspecified atom stereocenters. The zero-order chi connectivity index (χ0) is 11.5. The average molecular weight is 249 g/mol. The minimum Gasteiger partial charge on any atom is -0.407 e. The minimum atomic E-state index is -2.12. The summed E-state index contributed by atoms with van der Waals surface area (Å²) in [6.45, 7) is 8.24. The van der Waals surface area contributed by atoms with Gasteiger partial charge in [0, 0.05) is 26.9 Å². The van der Waals surface area contributed by atoms with Crippen molar-refractivity contribution in [2.45, 2.75) is 32.5 Å². The van der Waals surface area contributed by atoms with E-state index in [9.17, 15) is 0 Å². The molecule has 4 nitrogen and oxygen atoms in total. The van der Waals surface area contributed by atoms with Gasteiger partial charge in [-0.1, -0.05) is 0 Å². The van der Waals surface area contributed by atoms with Crippen LogP contribution in [-0.2, 0) is 13.3 Å². The summed E-state index contributed by atoms with van der Waals surface area (Å²) in [5.74, 6) is 0. The summed E-state index contributed by atoms with van der Waals surface area (Å²) in [6, 6.07) is 1.07. The van der Waals surface area contributed by atoms with E-state index in [1.54, 1.807) is 14.2 Å². The van der Waals surface area contributed by atoms with Crippen molar-refractivity contribution < 1.29 is 13.3 Å². The van der Waals surface area contributed by atoms with Crippen LogP contribution >= 0.6 is 0 Å². The summed E-state index contributed by atoms with van der Waals surface area (Å²) in [6.07, 6.45) is 1.17. The van der Waals surface area contributed by atoms with Crippen molar-refractivity contribution in [3.8, 4) is 0 Å². The van der Waals surface area contributed by atoms with Crippen LogP contribution in [0.4, 0.5) is 0 Å². The van der Waals surface area contributed by atoms with Crippen molar-refractivity contribution in [1.82, 2.24) is 4.23 Å². The second-order valence-corrected chi connectivity index (χ2v) is 11.7. The SMILES string of the molecule is CCO[Si]1(OC)CCCN1[Si](C)(C)OC. The predicted molar refractivity (Wildman–Crippen MR) is 65.0 cm³/mol. The van der Waals surface area contributed by atoms with Gasteiger partial charge >= 0.3 is 8.72 Å². The van der Waals surface area contributed by atoms with Gasteiger partial charge in [-0.05, 0) is 33.0 Å². The zero-order valence-electron chi connectivity index (χ0n) is 10.5. The van der Waals surface area contributed by atoms with Gasteiger partial charge in [-0.15, -0.1) is 0 Å². The summed E-state index contributed by atoms with van der Waals surface area (Å²) in [5, 5.41) is 0. The van der Waals surface area contributed by atoms with Gasteiger partial charge in [-0.2, -0.15) is 0 Å². The van der Waals surface area contributed by atoms with Gasteiger partial charge in [0.05, 0.1) is 0 Å². The highest BCUT2D eigenvalue weighted by atomic mass is 28.4. The first kappa shape index (κ1) is 13.3. The Morgan fingerprint density at radius 2 is 2.00 bits per heavy atom. The van der Waals surface area contributed by atoms with E-state index in [1.165, 1.54) is 6.42 Å². The first-order valence-electron chi connectivity index (χ1n) is 5.54. The van der Waals surface area contributed by atoms with E-state index in [1.807, 2.05) is 6.92 Å². The Balaban J connectivity index is 2.86. The Morgan fingerprint density at radius 1 is 1.33 bits per heavy atom. The normalized spacial score (nSPS) is 28.6. The average Bonchev–Trinajstić information content (AvgIpc) is 2.64. The molecule has 0 amide bonds. The van der Waals surface area contributed by atoms with Crippen molar-refractivity contribution >= 4 is 17.2 Å². The number of nitrogens with zero attached hydrogens (tertiary/aromatic N) is 1. The molecule has 1 saturated heterocycles. The molecular weight excluding hydrogens is 226 g/mol. The van der Waals surface area contributed by atoms with E-state index in [-0.39, 0.29) is 0 Å². The van der Waals surface area contributed by atoms with Crippen molar-refractivity contribution in [1.29, 1.82) is 0 Å². The third-order valence-corrected chi connectivity index (χ3v) is 11.7. The van der Waals surface area contributed by atoms with Crippen LogP contribution in [0, 0.1) is 0 Å². The highest BCUT2D eigenvalue weighted by Gasteiger charge is 2.54. The number of hydrogen-bond donors (Lipinski definition) is 0. The lowest BCUT2D eigenvalue weighted by Crippen LogP contribution is -2.65. The van der Waals surface area contributed by atoms with Crippen molar-refractivity contribution in [3.05, 3.63) is 0 Å². The largest absolute Gasteiger partial charge is 0.422 e. The van der Waals surface area contributed by atoms with Gasteiger partial charge in [-0.3, -0.25) is 4.23 Å². The van der Waals surface area contributed by atoms with E-state index in [0.717, 1.165) is 19.2 Å². The molecule has 0 saturated carbocycles. The molecule has 1 heterocycles. The van der Waals surface area contributed by atoms with E-state index in [0.29, 0.717) is 0 Å². The maximum absolute atomic E-state index is 5.94. The van der Waals surface area contributed by atoms with Gasteiger partial charge < -0.3 is 13.3 Å². The van der Waals surface area contributed by atoms with Gasteiger partial charge in [-0.25, -0.2) is 0 Å². The Morgan fingerprint density at radius 3 is 2.47 bits per heavy atom. The molecule has 1 atom stereocenters. The fraction of sp³-hybridized carbons (Fsp3) is 1.00. The molecule has 0 aromatic heterocycles. The predicted octanol–water partition coefficient (Wildman–Crippen LogP) is 1.66. The fourth-order valence-electron chi connectivity index (χ4n) is 2.20. The third-order valence-electron chi connectivity index (χ3n) is 3.12. The van der Waals surface area contributed by atoms with E-state index in [4.69, 9.17) is 13.3 Å². The molecule has 90 valence electrons. The van der Waals surface area contributed by atoms with Crippen LogP contribution in [0.1, 0.15) is 13.3 Å². The highest BCUT2D eigenvalue weighted by molar-refractivity contribution is 6.83. The Bertz CT molecular complexity index is 216. The quantitative estimate of drug-likeness (QED) is 0.694. The van der Waals surface area contributed by atoms with Crippen LogP contribution in [0.5, 0.6) is 0 Å². The first-order chi connectivity index (χ1) is 7.02. The van der Waals surface area contributed by atoms with Crippen molar-refractivity contribution in [3.63, 3.8) is 0 Å². The van der Waals surface area contributed by atoms with E-state index >= 15 is 0 Å². The first-order valence-corrected chi connectivity index (χ1v) is 10.4. The molecule has 0 radical (unpaired) electrons. The van der Waals surface area contributed by atoms with Crippen molar-refractivity contribution in [2.75, 3.05) is 27.4 Å². The van der Waals surface area contributed by atoms with Gasteiger partial charge in [0.1, 0.15) is 0 Å². The number of rotatable bonds is 5. The molecule has 1 aliphatic rings. The molecule has 6 heteroatoms. The molecule has 1 fully saturated rings. The Kier molecular flexibility index (Phi) is 4.51. The molecule has 0 aliphatic carbocycles. The molecule has 0 aromatic rings. The molecular formula is C9H23NO3Si2. The van der Waals surface area contributed by atoms with Gasteiger partial charge in [0.2, 0.25) is 0 Å². The maximum Gasteiger partial charge on any atom is 0.422 e. The smallest absolute Gasteiger partial charge is 0.407 e. The zero-order valence-corrected chi connectivity index (χ0v) is 12.5. The lowest BCUT2D eigenvalue weighted by Gasteiger charge is -2.41. The van der Waals surface area contributed by atoms with Crippen LogP contribution in [0.25, 0.3) is 0 Å². The summed E-state index contributed by atoms with van der Waals surface area (Å²) in [5.41, 5.74) is 0. The second-order valence-electron chi connectivity index (χ2n) is 4.26. The maximum atomic E-state index is 5.94. The van der Waals surface area contributed by atoms with Crippen LogP contribution in [-0.4, -0.2) is 48.8 Å². The lowest BCUT2D eigenvalue weighted by atomic mass is 10.5. The van der Waals surface area contributed by atoms with E-state index in [2.05, 4.69) is 17.3 Å². The number of hydrogen-bond acceptors (Lipinski definition) is 4. The molecule has 15 heavy (non-hydrogen) atoms. The monoisotopic (exact) mass is 249 g/mol. The van der Waals surface area contributed by atoms with Gasteiger partial charge in [0.25, 0.3) is 8.48 Å². The van der Waals surface area contributed by atoms with Gasteiger partial charge in [0.15, 0.2) is 0 Å². The summed E-state index contributed by atoms with van der Waals surface area (Å²) < 4.78 is 19.8. The van der Waals surface area contributed by atoms with Crippen LogP contribution in [0.3, 0.4) is 0 Å². The van der Waals surface area contributed by atoms with Crippen LogP contribution in [0.15, 0.2) is 0 Å². The van der Waals surface area contributed by atoms with Crippen LogP contribution in [0.2, 0.25) is 19.1 Å². The molecule has 0 spiro atoms.